The molecule has 1 N–H and O–H groups in total. The normalized spacial score (nSPS) is 11.3. The van der Waals surface area contributed by atoms with E-state index in [0.29, 0.717) is 37.7 Å². The number of nitrogens with one attached hydrogen (secondary N) is 1. The number of para-hydroxylation sites is 1. The fraction of sp³-hybridized carbons (Fsp3) is 0.571. The van der Waals surface area contributed by atoms with Crippen LogP contribution in [0.1, 0.15) is 18.9 Å². The van der Waals surface area contributed by atoms with E-state index < -0.39 is 9.84 Å². The monoisotopic (exact) mass is 301 g/mol. The van der Waals surface area contributed by atoms with Crippen LogP contribution in [0.15, 0.2) is 18.2 Å². The van der Waals surface area contributed by atoms with Gasteiger partial charge in [0.2, 0.25) is 0 Å². The highest BCUT2D eigenvalue weighted by molar-refractivity contribution is 7.90. The molecule has 1 aromatic rings. The van der Waals surface area contributed by atoms with Crippen LogP contribution in [-0.2, 0) is 16.4 Å². The summed E-state index contributed by atoms with van der Waals surface area (Å²) in [5.41, 5.74) is 0.998. The zero-order chi connectivity index (χ0) is 15.0. The molecule has 0 heterocycles. The zero-order valence-electron chi connectivity index (χ0n) is 12.3. The summed E-state index contributed by atoms with van der Waals surface area (Å²) in [5.74, 6) is 1.52. The molecule has 0 saturated carbocycles. The van der Waals surface area contributed by atoms with E-state index in [2.05, 4.69) is 5.32 Å². The highest BCUT2D eigenvalue weighted by Gasteiger charge is 2.11. The van der Waals surface area contributed by atoms with E-state index in [1.54, 1.807) is 0 Å². The van der Waals surface area contributed by atoms with Gasteiger partial charge < -0.3 is 14.8 Å². The molecule has 5 nitrogen and oxygen atoms in total. The van der Waals surface area contributed by atoms with Gasteiger partial charge in [-0.25, -0.2) is 8.42 Å². The fourth-order valence-electron chi connectivity index (χ4n) is 1.82. The van der Waals surface area contributed by atoms with E-state index in [-0.39, 0.29) is 5.75 Å². The van der Waals surface area contributed by atoms with E-state index >= 15 is 0 Å². The number of sulfone groups is 1. The average Bonchev–Trinajstić information content (AvgIpc) is 2.36. The quantitative estimate of drug-likeness (QED) is 0.702. The van der Waals surface area contributed by atoms with Crippen molar-refractivity contribution in [3.8, 4) is 11.5 Å². The molecule has 0 unspecified atom stereocenters. The Bertz CT molecular complexity index is 490. The number of benzene rings is 1. The van der Waals surface area contributed by atoms with Gasteiger partial charge in [0, 0.05) is 18.4 Å². The van der Waals surface area contributed by atoms with Gasteiger partial charge in [0.05, 0.1) is 19.0 Å². The van der Waals surface area contributed by atoms with Crippen LogP contribution in [0.2, 0.25) is 0 Å². The second kappa shape index (κ2) is 8.11. The fourth-order valence-corrected chi connectivity index (χ4v) is 2.46. The summed E-state index contributed by atoms with van der Waals surface area (Å²) >= 11 is 0. The molecule has 0 aliphatic rings. The smallest absolute Gasteiger partial charge is 0.165 e. The molecule has 0 bridgehead atoms. The van der Waals surface area contributed by atoms with Crippen LogP contribution in [-0.4, -0.2) is 40.7 Å². The number of hydrogen-bond acceptors (Lipinski definition) is 5. The van der Waals surface area contributed by atoms with Crippen LogP contribution in [0.4, 0.5) is 0 Å². The van der Waals surface area contributed by atoms with Crippen LogP contribution in [0.3, 0.4) is 0 Å². The first-order valence-electron chi connectivity index (χ1n) is 6.67. The highest BCUT2D eigenvalue weighted by Crippen LogP contribution is 2.31. The van der Waals surface area contributed by atoms with Gasteiger partial charge >= 0.3 is 0 Å². The van der Waals surface area contributed by atoms with Gasteiger partial charge in [-0.15, -0.1) is 0 Å². The molecule has 0 aliphatic carbocycles. The molecule has 0 atom stereocenters. The highest BCUT2D eigenvalue weighted by atomic mass is 32.2. The first-order chi connectivity index (χ1) is 9.48. The minimum Gasteiger partial charge on any atom is -0.490 e. The lowest BCUT2D eigenvalue weighted by Crippen LogP contribution is -2.12. The molecule has 1 rings (SSSR count). The largest absolute Gasteiger partial charge is 0.490 e. The average molecular weight is 301 g/mol. The molecule has 0 aliphatic heterocycles. The maximum atomic E-state index is 11.1. The Labute approximate surface area is 121 Å². The lowest BCUT2D eigenvalue weighted by atomic mass is 10.2. The van der Waals surface area contributed by atoms with Crippen LogP contribution in [0.5, 0.6) is 11.5 Å². The van der Waals surface area contributed by atoms with Gasteiger partial charge in [-0.2, -0.15) is 0 Å². The van der Waals surface area contributed by atoms with Crippen molar-refractivity contribution in [1.82, 2.24) is 5.32 Å². The molecule has 0 radical (unpaired) electrons. The van der Waals surface area contributed by atoms with Gasteiger partial charge in [-0.1, -0.05) is 12.1 Å². The first-order valence-corrected chi connectivity index (χ1v) is 8.73. The Balaban J connectivity index is 2.74. The van der Waals surface area contributed by atoms with E-state index in [1.807, 2.05) is 32.2 Å². The Hall–Kier alpha value is -1.27. The van der Waals surface area contributed by atoms with Crippen molar-refractivity contribution in [2.75, 3.05) is 32.3 Å². The predicted molar refractivity (Wildman–Crippen MR) is 80.2 cm³/mol. The summed E-state index contributed by atoms with van der Waals surface area (Å²) in [4.78, 5) is 0. The van der Waals surface area contributed by atoms with E-state index in [4.69, 9.17) is 9.47 Å². The van der Waals surface area contributed by atoms with E-state index in [9.17, 15) is 8.42 Å². The summed E-state index contributed by atoms with van der Waals surface area (Å²) in [5, 5.41) is 3.08. The number of ether oxygens (including phenoxy) is 2. The van der Waals surface area contributed by atoms with Gasteiger partial charge in [0.25, 0.3) is 0 Å². The standard InChI is InChI=1S/C14H23NO4S/c1-4-18-13-8-5-7-12(11-15-2)14(13)19-9-6-10-20(3,16)17/h5,7-8,15H,4,6,9-11H2,1-3H3. The summed E-state index contributed by atoms with van der Waals surface area (Å²) in [6.07, 6.45) is 1.70. The van der Waals surface area contributed by atoms with Crippen LogP contribution in [0.25, 0.3) is 0 Å². The zero-order valence-corrected chi connectivity index (χ0v) is 13.1. The number of rotatable bonds is 9. The van der Waals surface area contributed by atoms with Crippen molar-refractivity contribution in [2.24, 2.45) is 0 Å². The SMILES string of the molecule is CCOc1cccc(CNC)c1OCCCS(C)(=O)=O. The van der Waals surface area contributed by atoms with Crippen LogP contribution < -0.4 is 14.8 Å². The molecular formula is C14H23NO4S. The Morgan fingerprint density at radius 2 is 2.00 bits per heavy atom. The second-order valence-corrected chi connectivity index (χ2v) is 6.80. The molecule has 0 amide bonds. The summed E-state index contributed by atoms with van der Waals surface area (Å²) in [7, 11) is -1.08. The minimum atomic E-state index is -2.94. The molecule has 6 heteroatoms. The molecule has 0 fully saturated rings. The van der Waals surface area contributed by atoms with Crippen molar-refractivity contribution in [2.45, 2.75) is 19.9 Å². The third kappa shape index (κ3) is 5.79. The van der Waals surface area contributed by atoms with Gasteiger partial charge in [-0.05, 0) is 26.5 Å². The molecular weight excluding hydrogens is 278 g/mol. The third-order valence-corrected chi connectivity index (χ3v) is 3.66. The van der Waals surface area contributed by atoms with Crippen molar-refractivity contribution in [1.29, 1.82) is 0 Å². The lowest BCUT2D eigenvalue weighted by molar-refractivity contribution is 0.274. The molecule has 0 saturated heterocycles. The maximum Gasteiger partial charge on any atom is 0.165 e. The van der Waals surface area contributed by atoms with E-state index in [0.717, 1.165) is 5.56 Å². The van der Waals surface area contributed by atoms with Crippen molar-refractivity contribution >= 4 is 9.84 Å². The third-order valence-electron chi connectivity index (χ3n) is 2.63. The molecule has 20 heavy (non-hydrogen) atoms. The van der Waals surface area contributed by atoms with Gasteiger partial charge in [0.15, 0.2) is 11.5 Å². The molecule has 1 aromatic carbocycles. The Morgan fingerprint density at radius 1 is 1.25 bits per heavy atom. The maximum absolute atomic E-state index is 11.1. The molecule has 0 aromatic heterocycles. The van der Waals surface area contributed by atoms with Gasteiger partial charge in [-0.3, -0.25) is 0 Å². The summed E-state index contributed by atoms with van der Waals surface area (Å²) in [6.45, 7) is 3.50. The van der Waals surface area contributed by atoms with Gasteiger partial charge in [0.1, 0.15) is 9.84 Å². The summed E-state index contributed by atoms with van der Waals surface area (Å²) in [6, 6.07) is 5.74. The predicted octanol–water partition coefficient (Wildman–Crippen LogP) is 1.62. The Kier molecular flexibility index (Phi) is 6.81. The van der Waals surface area contributed by atoms with Crippen molar-refractivity contribution in [3.63, 3.8) is 0 Å². The second-order valence-electron chi connectivity index (χ2n) is 4.54. The topological polar surface area (TPSA) is 64.6 Å². The van der Waals surface area contributed by atoms with Crippen LogP contribution >= 0.6 is 0 Å². The van der Waals surface area contributed by atoms with E-state index in [1.165, 1.54) is 6.26 Å². The Morgan fingerprint density at radius 3 is 2.60 bits per heavy atom. The molecule has 114 valence electrons. The summed E-state index contributed by atoms with van der Waals surface area (Å²) < 4.78 is 33.5. The van der Waals surface area contributed by atoms with Crippen molar-refractivity contribution in [3.05, 3.63) is 23.8 Å². The minimum absolute atomic E-state index is 0.130. The molecule has 0 spiro atoms. The first kappa shape index (κ1) is 16.8. The number of hydrogen-bond donors (Lipinski definition) is 1. The lowest BCUT2D eigenvalue weighted by Gasteiger charge is -2.15. The van der Waals surface area contributed by atoms with Crippen molar-refractivity contribution < 1.29 is 17.9 Å². The van der Waals surface area contributed by atoms with Crippen LogP contribution in [0, 0.1) is 0 Å².